The van der Waals surface area contributed by atoms with E-state index in [4.69, 9.17) is 4.74 Å². The van der Waals surface area contributed by atoms with Gasteiger partial charge in [0.05, 0.1) is 6.07 Å². The smallest absolute Gasteiger partial charge is 0.331 e. The molecule has 3 rings (SSSR count). The zero-order valence-electron chi connectivity index (χ0n) is 19.0. The topological polar surface area (TPSA) is 50.1 Å². The van der Waals surface area contributed by atoms with Crippen LogP contribution in [0.2, 0.25) is 0 Å². The van der Waals surface area contributed by atoms with Gasteiger partial charge in [-0.3, -0.25) is 0 Å². The summed E-state index contributed by atoms with van der Waals surface area (Å²) in [4.78, 5) is 12.9. The Labute approximate surface area is 187 Å². The van der Waals surface area contributed by atoms with Crippen molar-refractivity contribution in [3.8, 4) is 22.9 Å². The van der Waals surface area contributed by atoms with E-state index in [1.807, 2.05) is 24.3 Å². The summed E-state index contributed by atoms with van der Waals surface area (Å²) in [6.45, 7) is 4.36. The van der Waals surface area contributed by atoms with Gasteiger partial charge in [-0.15, -0.1) is 0 Å². The molecule has 2 aromatic carbocycles. The number of hydrogen-bond acceptors (Lipinski definition) is 3. The Morgan fingerprint density at radius 1 is 1.03 bits per heavy atom. The lowest BCUT2D eigenvalue weighted by Crippen LogP contribution is -2.38. The van der Waals surface area contributed by atoms with E-state index < -0.39 is 11.4 Å². The lowest BCUT2D eigenvalue weighted by molar-refractivity contribution is -0.145. The van der Waals surface area contributed by atoms with Gasteiger partial charge in [0.1, 0.15) is 5.75 Å². The van der Waals surface area contributed by atoms with E-state index >= 15 is 0 Å². The third-order valence-electron chi connectivity index (χ3n) is 6.71. The van der Waals surface area contributed by atoms with Crippen LogP contribution in [0.5, 0.6) is 5.75 Å². The second kappa shape index (κ2) is 11.1. The predicted molar refractivity (Wildman–Crippen MR) is 126 cm³/mol. The molecule has 0 N–H and O–H groups in total. The Hall–Kier alpha value is -2.60. The van der Waals surface area contributed by atoms with Gasteiger partial charge in [-0.25, -0.2) is 4.79 Å². The van der Waals surface area contributed by atoms with Gasteiger partial charge in [0.15, 0.2) is 5.41 Å². The van der Waals surface area contributed by atoms with Gasteiger partial charge in [-0.2, -0.15) is 5.26 Å². The van der Waals surface area contributed by atoms with E-state index in [1.165, 1.54) is 31.2 Å². The minimum Gasteiger partial charge on any atom is -0.425 e. The zero-order valence-corrected chi connectivity index (χ0v) is 19.0. The monoisotopic (exact) mass is 417 g/mol. The maximum Gasteiger partial charge on any atom is 0.331 e. The molecule has 0 spiro atoms. The maximum absolute atomic E-state index is 12.9. The van der Waals surface area contributed by atoms with Crippen molar-refractivity contribution in [1.82, 2.24) is 0 Å². The molecule has 2 atom stereocenters. The van der Waals surface area contributed by atoms with Crippen LogP contribution in [-0.2, 0) is 11.2 Å². The van der Waals surface area contributed by atoms with E-state index in [2.05, 4.69) is 44.2 Å². The van der Waals surface area contributed by atoms with Crippen LogP contribution in [0.4, 0.5) is 0 Å². The summed E-state index contributed by atoms with van der Waals surface area (Å²) in [6, 6.07) is 18.6. The number of esters is 1. The molecule has 2 aromatic rings. The minimum absolute atomic E-state index is 0.395. The number of carbonyl (C=O) groups is 1. The SMILES string of the molecule is CCCCCCc1ccc(-c2ccc(OC(=O)C3(C#N)CCCC(CC)C3)cc2)cc1. The van der Waals surface area contributed by atoms with Gasteiger partial charge in [-0.1, -0.05) is 88.8 Å². The van der Waals surface area contributed by atoms with Crippen molar-refractivity contribution in [3.05, 3.63) is 54.1 Å². The molecule has 0 saturated heterocycles. The molecule has 0 aromatic heterocycles. The van der Waals surface area contributed by atoms with Crippen LogP contribution in [0, 0.1) is 22.7 Å². The Kier molecular flexibility index (Phi) is 8.29. The van der Waals surface area contributed by atoms with E-state index in [0.717, 1.165) is 36.8 Å². The van der Waals surface area contributed by atoms with E-state index in [9.17, 15) is 10.1 Å². The Morgan fingerprint density at radius 3 is 2.32 bits per heavy atom. The Balaban J connectivity index is 1.61. The highest BCUT2D eigenvalue weighted by Crippen LogP contribution is 2.41. The molecule has 0 bridgehead atoms. The molecule has 3 heteroatoms. The van der Waals surface area contributed by atoms with Crippen LogP contribution in [0.25, 0.3) is 11.1 Å². The second-order valence-electron chi connectivity index (χ2n) is 8.99. The zero-order chi connectivity index (χ0) is 22.1. The minimum atomic E-state index is -0.995. The first-order valence-corrected chi connectivity index (χ1v) is 11.9. The highest BCUT2D eigenvalue weighted by Gasteiger charge is 2.44. The van der Waals surface area contributed by atoms with Crippen molar-refractivity contribution in [2.24, 2.45) is 11.3 Å². The van der Waals surface area contributed by atoms with Crippen LogP contribution < -0.4 is 4.74 Å². The molecule has 0 amide bonds. The molecule has 0 aliphatic heterocycles. The standard InChI is InChI=1S/C28H35NO2/c1-3-5-6-7-9-23-11-13-24(14-12-23)25-15-17-26(18-16-25)31-27(30)28(21-29)19-8-10-22(4-2)20-28/h11-18,22H,3-10,19-20H2,1-2H3. The van der Waals surface area contributed by atoms with Crippen molar-refractivity contribution in [1.29, 1.82) is 5.26 Å². The average molecular weight is 418 g/mol. The molecule has 0 radical (unpaired) electrons. The van der Waals surface area contributed by atoms with E-state index in [1.54, 1.807) is 0 Å². The first-order chi connectivity index (χ1) is 15.1. The fourth-order valence-corrected chi connectivity index (χ4v) is 4.61. The molecule has 3 nitrogen and oxygen atoms in total. The van der Waals surface area contributed by atoms with Crippen molar-refractivity contribution < 1.29 is 9.53 Å². The number of hydrogen-bond donors (Lipinski definition) is 0. The number of carbonyl (C=O) groups excluding carboxylic acids is 1. The molecule has 1 aliphatic carbocycles. The summed E-state index contributed by atoms with van der Waals surface area (Å²) in [6.07, 6.45) is 10.5. The van der Waals surface area contributed by atoms with Crippen LogP contribution in [0.3, 0.4) is 0 Å². The molecule has 1 aliphatic rings. The maximum atomic E-state index is 12.9. The number of unbranched alkanes of at least 4 members (excludes halogenated alkanes) is 3. The van der Waals surface area contributed by atoms with Gasteiger partial charge in [0.25, 0.3) is 0 Å². The predicted octanol–water partition coefficient (Wildman–Crippen LogP) is 7.49. The Morgan fingerprint density at radius 2 is 1.71 bits per heavy atom. The third kappa shape index (κ3) is 5.97. The third-order valence-corrected chi connectivity index (χ3v) is 6.71. The van der Waals surface area contributed by atoms with Crippen LogP contribution in [-0.4, -0.2) is 5.97 Å². The van der Waals surface area contributed by atoms with Crippen molar-refractivity contribution >= 4 is 5.97 Å². The number of ether oxygens (including phenoxy) is 1. The van der Waals surface area contributed by atoms with Gasteiger partial charge in [-0.05, 0) is 60.4 Å². The van der Waals surface area contributed by atoms with E-state index in [-0.39, 0.29) is 0 Å². The van der Waals surface area contributed by atoms with Crippen LogP contribution in [0.1, 0.15) is 77.2 Å². The van der Waals surface area contributed by atoms with Gasteiger partial charge in [0.2, 0.25) is 0 Å². The first-order valence-electron chi connectivity index (χ1n) is 11.9. The first kappa shape index (κ1) is 23.1. The molecule has 2 unspecified atom stereocenters. The average Bonchev–Trinajstić information content (AvgIpc) is 2.82. The van der Waals surface area contributed by atoms with Crippen LogP contribution >= 0.6 is 0 Å². The summed E-state index contributed by atoms with van der Waals surface area (Å²) >= 11 is 0. The van der Waals surface area contributed by atoms with Crippen LogP contribution in [0.15, 0.2) is 48.5 Å². The van der Waals surface area contributed by atoms with Crippen molar-refractivity contribution in [2.45, 2.75) is 78.1 Å². The second-order valence-corrected chi connectivity index (χ2v) is 8.99. The fourth-order valence-electron chi connectivity index (χ4n) is 4.61. The highest BCUT2D eigenvalue weighted by atomic mass is 16.5. The molecule has 164 valence electrons. The molecule has 0 heterocycles. The summed E-state index contributed by atoms with van der Waals surface area (Å²) in [5.41, 5.74) is 2.63. The lowest BCUT2D eigenvalue weighted by Gasteiger charge is -2.33. The summed E-state index contributed by atoms with van der Waals surface area (Å²) < 4.78 is 5.65. The molecule has 1 saturated carbocycles. The fraction of sp³-hybridized carbons (Fsp3) is 0.500. The van der Waals surface area contributed by atoms with Gasteiger partial charge in [0, 0.05) is 0 Å². The lowest BCUT2D eigenvalue weighted by atomic mass is 9.70. The summed E-state index contributed by atoms with van der Waals surface area (Å²) in [7, 11) is 0. The number of aryl methyl sites for hydroxylation is 1. The number of benzene rings is 2. The van der Waals surface area contributed by atoms with Gasteiger partial charge >= 0.3 is 5.97 Å². The molecular formula is C28H35NO2. The number of nitrogens with zero attached hydrogens (tertiary/aromatic N) is 1. The van der Waals surface area contributed by atoms with Crippen molar-refractivity contribution in [3.63, 3.8) is 0 Å². The number of nitriles is 1. The Bertz CT molecular complexity index is 879. The summed E-state index contributed by atoms with van der Waals surface area (Å²) in [5.74, 6) is 0.542. The number of rotatable bonds is 9. The van der Waals surface area contributed by atoms with Crippen molar-refractivity contribution in [2.75, 3.05) is 0 Å². The molecule has 1 fully saturated rings. The summed E-state index contributed by atoms with van der Waals surface area (Å²) in [5, 5.41) is 9.75. The normalized spacial score (nSPS) is 20.7. The quantitative estimate of drug-likeness (QED) is 0.241. The largest absolute Gasteiger partial charge is 0.425 e. The highest BCUT2D eigenvalue weighted by molar-refractivity contribution is 5.82. The molecule has 31 heavy (non-hydrogen) atoms. The molecular weight excluding hydrogens is 382 g/mol. The van der Waals surface area contributed by atoms with Gasteiger partial charge < -0.3 is 4.74 Å². The van der Waals surface area contributed by atoms with E-state index in [0.29, 0.717) is 24.5 Å².